The molecule has 3 aliphatic heterocycles. The molecule has 0 radical (unpaired) electrons. The van der Waals surface area contributed by atoms with Gasteiger partial charge in [0.15, 0.2) is 18.9 Å². The van der Waals surface area contributed by atoms with Gasteiger partial charge in [0.05, 0.1) is 38.6 Å². The highest BCUT2D eigenvalue weighted by Crippen LogP contribution is 2.33. The Balaban J connectivity index is 1.41. The Morgan fingerprint density at radius 2 is 0.720 bits per heavy atom. The maximum Gasteiger partial charge on any atom is 0.220 e. The molecule has 1 amide bonds. The van der Waals surface area contributed by atoms with E-state index < -0.39 is 124 Å². The third-order valence-electron chi connectivity index (χ3n) is 18.3. The number of carbonyl (C=O) groups excluding carboxylic acids is 1. The van der Waals surface area contributed by atoms with Crippen molar-refractivity contribution < 1.29 is 89.4 Å². The fourth-order valence-corrected chi connectivity index (χ4v) is 12.3. The Kier molecular flexibility index (Phi) is 50.4. The van der Waals surface area contributed by atoms with Crippen LogP contribution in [-0.2, 0) is 33.2 Å². The van der Waals surface area contributed by atoms with Gasteiger partial charge >= 0.3 is 0 Å². The Bertz CT molecular complexity index is 1920. The van der Waals surface area contributed by atoms with E-state index in [0.29, 0.717) is 12.8 Å². The molecule has 3 rings (SSSR count). The summed E-state index contributed by atoms with van der Waals surface area (Å²) in [5, 5.41) is 121. The molecule has 0 aromatic rings. The second-order valence-corrected chi connectivity index (χ2v) is 26.4. The van der Waals surface area contributed by atoms with Crippen molar-refractivity contribution in [2.45, 2.75) is 375 Å². The van der Waals surface area contributed by atoms with Crippen LogP contribution in [0.15, 0.2) is 60.8 Å². The number of carbonyl (C=O) groups is 1. The normalized spacial score (nSPS) is 27.9. The number of aliphatic hydroxyl groups is 11. The van der Waals surface area contributed by atoms with Crippen LogP contribution in [0.1, 0.15) is 271 Å². The topological polar surface area (TPSA) is 307 Å². The van der Waals surface area contributed by atoms with Gasteiger partial charge in [-0.1, -0.05) is 254 Å². The quantitative estimate of drug-likeness (QED) is 0.0199. The maximum atomic E-state index is 13.4. The minimum atomic E-state index is -1.98. The first-order valence-corrected chi connectivity index (χ1v) is 37.0. The van der Waals surface area contributed by atoms with Gasteiger partial charge in [-0.2, -0.15) is 0 Å². The lowest BCUT2D eigenvalue weighted by Gasteiger charge is -2.48. The van der Waals surface area contributed by atoms with E-state index in [2.05, 4.69) is 67.8 Å². The van der Waals surface area contributed by atoms with E-state index >= 15 is 0 Å². The molecule has 3 fully saturated rings. The fourth-order valence-electron chi connectivity index (χ4n) is 12.3. The molecule has 0 spiro atoms. The summed E-state index contributed by atoms with van der Waals surface area (Å²) >= 11 is 0. The number of rotatable bonds is 57. The van der Waals surface area contributed by atoms with E-state index in [-0.39, 0.29) is 18.9 Å². The average molecular weight is 1320 g/mol. The van der Waals surface area contributed by atoms with Gasteiger partial charge in [0.25, 0.3) is 0 Å². The maximum absolute atomic E-state index is 13.4. The number of hydrogen-bond donors (Lipinski definition) is 12. The summed E-state index contributed by atoms with van der Waals surface area (Å²) in [6.45, 7) is 1.72. The third-order valence-corrected chi connectivity index (χ3v) is 18.3. The molecular weight excluding hydrogens is 1190 g/mol. The second-order valence-electron chi connectivity index (χ2n) is 26.4. The van der Waals surface area contributed by atoms with Gasteiger partial charge in [-0.3, -0.25) is 4.79 Å². The zero-order valence-corrected chi connectivity index (χ0v) is 57.5. The van der Waals surface area contributed by atoms with Gasteiger partial charge in [-0.05, 0) is 70.6 Å². The lowest BCUT2D eigenvalue weighted by molar-refractivity contribution is -0.379. The van der Waals surface area contributed by atoms with Crippen LogP contribution in [0.2, 0.25) is 0 Å². The number of aliphatic hydroxyl groups excluding tert-OH is 11. The molecule has 0 aromatic carbocycles. The summed E-state index contributed by atoms with van der Waals surface area (Å²) in [6.07, 6.45) is 42.0. The molecule has 17 unspecified atom stereocenters. The third kappa shape index (κ3) is 36.8. The largest absolute Gasteiger partial charge is 0.394 e. The van der Waals surface area contributed by atoms with Crippen LogP contribution >= 0.6 is 0 Å². The molecule has 19 nitrogen and oxygen atoms in total. The predicted octanol–water partition coefficient (Wildman–Crippen LogP) is 10.7. The fraction of sp³-hybridized carbons (Fsp3) is 0.851. The van der Waals surface area contributed by atoms with Crippen molar-refractivity contribution in [3.63, 3.8) is 0 Å². The predicted molar refractivity (Wildman–Crippen MR) is 365 cm³/mol. The smallest absolute Gasteiger partial charge is 0.220 e. The van der Waals surface area contributed by atoms with Gasteiger partial charge in [0.2, 0.25) is 5.91 Å². The first-order valence-electron chi connectivity index (χ1n) is 37.0. The van der Waals surface area contributed by atoms with Gasteiger partial charge in [-0.25, -0.2) is 0 Å². The van der Waals surface area contributed by atoms with Crippen molar-refractivity contribution in [3.8, 4) is 0 Å². The number of hydrogen-bond acceptors (Lipinski definition) is 18. The van der Waals surface area contributed by atoms with Crippen LogP contribution in [0.5, 0.6) is 0 Å². The molecule has 12 N–H and O–H groups in total. The zero-order chi connectivity index (χ0) is 67.5. The Hall–Kier alpha value is -2.51. The molecule has 3 saturated heterocycles. The standard InChI is InChI=1S/C74H133NO18/c1-3-5-7-9-11-13-15-17-19-21-23-24-25-26-27-28-29-30-31-32-34-36-38-40-42-44-46-48-50-52-62(80)75-57(58(79)51-49-47-45-43-41-39-37-35-33-22-20-18-16-14-12-10-8-6-4-2)56-88-72-68(86)65(83)70(60(54-77)90-72)93-74-69(87)66(84)71(61(55-78)91-74)92-73-67(85)64(82)63(81)59(53-76)89-73/h15,17,21,23,25-26,41,43,49,51,57-61,63-74,76-79,81-87H,3-14,16,18-20,22,24,27-40,42,44-48,50,52-56H2,1-2H3,(H,75,80)/b17-15-,23-21-,26-25-,43-41+,51-49+. The van der Waals surface area contributed by atoms with Crippen LogP contribution in [0, 0.1) is 0 Å². The lowest BCUT2D eigenvalue weighted by atomic mass is 9.96. The summed E-state index contributed by atoms with van der Waals surface area (Å²) in [6, 6.07) is -0.993. The highest BCUT2D eigenvalue weighted by atomic mass is 16.8. The first kappa shape index (κ1) is 84.7. The zero-order valence-electron chi connectivity index (χ0n) is 57.5. The molecule has 0 aromatic heterocycles. The van der Waals surface area contributed by atoms with Crippen molar-refractivity contribution in [2.24, 2.45) is 0 Å². The summed E-state index contributed by atoms with van der Waals surface area (Å²) in [5.41, 5.74) is 0. The first-order chi connectivity index (χ1) is 45.3. The molecule has 3 heterocycles. The molecular formula is C74H133NO18. The highest BCUT2D eigenvalue weighted by Gasteiger charge is 2.53. The molecule has 17 atom stereocenters. The Labute approximate surface area is 560 Å². The minimum Gasteiger partial charge on any atom is -0.394 e. The van der Waals surface area contributed by atoms with Gasteiger partial charge < -0.3 is 89.9 Å². The van der Waals surface area contributed by atoms with Gasteiger partial charge in [0, 0.05) is 6.42 Å². The van der Waals surface area contributed by atoms with E-state index in [9.17, 15) is 61.0 Å². The van der Waals surface area contributed by atoms with Crippen molar-refractivity contribution in [1.29, 1.82) is 0 Å². The number of ether oxygens (including phenoxy) is 6. The number of nitrogens with one attached hydrogen (secondary N) is 1. The number of unbranched alkanes of at least 4 members (excludes halogenated alkanes) is 33. The SMILES string of the molecule is CCCCCCC/C=C\C/C=C\C/C=C\CCCCCCCCCCCCCCCCC(=O)NC(COC1OC(CO)C(OC2OC(CO)C(OC3OC(CO)C(O)C(O)C3O)C(O)C2O)C(O)C1O)C(O)/C=C/CC/C=C/CCCCCCCCCCCCCCC. The van der Waals surface area contributed by atoms with Crippen molar-refractivity contribution in [3.05, 3.63) is 60.8 Å². The highest BCUT2D eigenvalue weighted by molar-refractivity contribution is 5.76. The van der Waals surface area contributed by atoms with Crippen LogP contribution < -0.4 is 5.32 Å². The van der Waals surface area contributed by atoms with E-state index in [0.717, 1.165) is 51.4 Å². The van der Waals surface area contributed by atoms with Crippen molar-refractivity contribution >= 4 is 5.91 Å². The van der Waals surface area contributed by atoms with Crippen molar-refractivity contribution in [1.82, 2.24) is 5.32 Å². The minimum absolute atomic E-state index is 0.233. The Morgan fingerprint density at radius 3 is 1.15 bits per heavy atom. The van der Waals surface area contributed by atoms with Gasteiger partial charge in [-0.15, -0.1) is 0 Å². The lowest BCUT2D eigenvalue weighted by Crippen LogP contribution is -2.66. The second kappa shape index (κ2) is 55.4. The van der Waals surface area contributed by atoms with Crippen LogP contribution in [0.4, 0.5) is 0 Å². The number of amides is 1. The summed E-state index contributed by atoms with van der Waals surface area (Å²) < 4.78 is 34.4. The average Bonchev–Trinajstić information content (AvgIpc) is 1.00. The van der Waals surface area contributed by atoms with Crippen LogP contribution in [0.25, 0.3) is 0 Å². The summed E-state index contributed by atoms with van der Waals surface area (Å²) in [5.74, 6) is -0.285. The van der Waals surface area contributed by atoms with Crippen molar-refractivity contribution in [2.75, 3.05) is 26.4 Å². The molecule has 0 aliphatic carbocycles. The molecule has 3 aliphatic rings. The molecule has 0 bridgehead atoms. The van der Waals surface area contributed by atoms with Crippen LogP contribution in [-0.4, -0.2) is 193 Å². The molecule has 19 heteroatoms. The van der Waals surface area contributed by atoms with E-state index in [1.165, 1.54) is 186 Å². The van der Waals surface area contributed by atoms with E-state index in [1.807, 2.05) is 6.08 Å². The summed E-state index contributed by atoms with van der Waals surface area (Å²) in [4.78, 5) is 13.4. The molecule has 0 saturated carbocycles. The molecule has 542 valence electrons. The monoisotopic (exact) mass is 1320 g/mol. The number of allylic oxidation sites excluding steroid dienone is 9. The summed E-state index contributed by atoms with van der Waals surface area (Å²) in [7, 11) is 0. The van der Waals surface area contributed by atoms with E-state index in [4.69, 9.17) is 28.4 Å². The van der Waals surface area contributed by atoms with Gasteiger partial charge in [0.1, 0.15) is 73.2 Å². The molecule has 93 heavy (non-hydrogen) atoms. The van der Waals surface area contributed by atoms with E-state index in [1.54, 1.807) is 6.08 Å². The Morgan fingerprint density at radius 1 is 0.387 bits per heavy atom. The van der Waals surface area contributed by atoms with Crippen LogP contribution in [0.3, 0.4) is 0 Å².